The molecule has 0 amide bonds. The molecule has 0 heterocycles. The summed E-state index contributed by atoms with van der Waals surface area (Å²) in [5, 5.41) is 0. The molecule has 0 heteroatoms. The number of rotatable bonds is 7. The zero-order valence-corrected chi connectivity index (χ0v) is 14.2. The van der Waals surface area contributed by atoms with Crippen LogP contribution in [-0.4, -0.2) is 0 Å². The van der Waals surface area contributed by atoms with Gasteiger partial charge in [-0.3, -0.25) is 0 Å². The van der Waals surface area contributed by atoms with Crippen LogP contribution in [0.1, 0.15) is 104 Å². The summed E-state index contributed by atoms with van der Waals surface area (Å²) in [6, 6.07) is 0. The van der Waals surface area contributed by atoms with Crippen LogP contribution in [0.5, 0.6) is 0 Å². The maximum atomic E-state index is 2.35. The fourth-order valence-corrected chi connectivity index (χ4v) is 4.96. The highest BCUT2D eigenvalue weighted by Gasteiger charge is 2.31. The summed E-state index contributed by atoms with van der Waals surface area (Å²) in [5.74, 6) is 4.40. The van der Waals surface area contributed by atoms with Crippen LogP contribution in [0.15, 0.2) is 0 Å². The van der Waals surface area contributed by atoms with Crippen LogP contribution in [0.4, 0.5) is 0 Å². The molecule has 0 bridgehead atoms. The molecule has 2 fully saturated rings. The van der Waals surface area contributed by atoms with Gasteiger partial charge in [0.15, 0.2) is 0 Å². The fraction of sp³-hybridized carbons (Fsp3) is 1.00. The topological polar surface area (TPSA) is 0 Å². The SMILES string of the molecule is CCCCC1CCC([C@@H]2CCC[C@@H](CCCC)C2)CC1. The van der Waals surface area contributed by atoms with Gasteiger partial charge in [-0.05, 0) is 42.9 Å². The van der Waals surface area contributed by atoms with Crippen LogP contribution in [0.3, 0.4) is 0 Å². The van der Waals surface area contributed by atoms with Crippen molar-refractivity contribution in [1.29, 1.82) is 0 Å². The first-order valence-electron chi connectivity index (χ1n) is 9.83. The van der Waals surface area contributed by atoms with Gasteiger partial charge in [-0.15, -0.1) is 0 Å². The van der Waals surface area contributed by atoms with Crippen LogP contribution >= 0.6 is 0 Å². The predicted molar refractivity (Wildman–Crippen MR) is 89.9 cm³/mol. The molecule has 0 nitrogen and oxygen atoms in total. The van der Waals surface area contributed by atoms with Crippen LogP contribution in [0.25, 0.3) is 0 Å². The highest BCUT2D eigenvalue weighted by molar-refractivity contribution is 4.82. The molecule has 2 aliphatic rings. The second-order valence-electron chi connectivity index (χ2n) is 7.86. The van der Waals surface area contributed by atoms with E-state index < -0.39 is 0 Å². The zero-order chi connectivity index (χ0) is 14.2. The van der Waals surface area contributed by atoms with E-state index in [0.717, 1.165) is 23.7 Å². The van der Waals surface area contributed by atoms with Crippen molar-refractivity contribution in [3.63, 3.8) is 0 Å². The van der Waals surface area contributed by atoms with Crippen molar-refractivity contribution in [2.45, 2.75) is 104 Å². The molecule has 0 N–H and O–H groups in total. The van der Waals surface area contributed by atoms with Gasteiger partial charge < -0.3 is 0 Å². The molecule has 0 aromatic heterocycles. The molecule has 0 aliphatic heterocycles. The lowest BCUT2D eigenvalue weighted by Crippen LogP contribution is -2.26. The Bertz CT molecular complexity index is 236. The molecule has 2 aliphatic carbocycles. The lowest BCUT2D eigenvalue weighted by atomic mass is 9.67. The van der Waals surface area contributed by atoms with Gasteiger partial charge in [-0.1, -0.05) is 84.5 Å². The van der Waals surface area contributed by atoms with Crippen molar-refractivity contribution in [3.8, 4) is 0 Å². The van der Waals surface area contributed by atoms with Gasteiger partial charge in [-0.2, -0.15) is 0 Å². The van der Waals surface area contributed by atoms with E-state index in [-0.39, 0.29) is 0 Å². The minimum Gasteiger partial charge on any atom is -0.0654 e. The highest BCUT2D eigenvalue weighted by Crippen LogP contribution is 2.43. The van der Waals surface area contributed by atoms with Crippen LogP contribution in [0, 0.1) is 23.7 Å². The van der Waals surface area contributed by atoms with Crippen molar-refractivity contribution >= 4 is 0 Å². The highest BCUT2D eigenvalue weighted by atomic mass is 14.4. The Hall–Kier alpha value is 0. The van der Waals surface area contributed by atoms with E-state index in [1.54, 1.807) is 44.9 Å². The first-order chi connectivity index (χ1) is 9.83. The molecular weight excluding hydrogens is 240 g/mol. The van der Waals surface area contributed by atoms with Gasteiger partial charge in [0.05, 0.1) is 0 Å². The van der Waals surface area contributed by atoms with E-state index in [1.165, 1.54) is 44.9 Å². The van der Waals surface area contributed by atoms with E-state index >= 15 is 0 Å². The maximum Gasteiger partial charge on any atom is -0.0383 e. The van der Waals surface area contributed by atoms with Crippen molar-refractivity contribution in [2.24, 2.45) is 23.7 Å². The third-order valence-electron chi connectivity index (χ3n) is 6.31. The summed E-state index contributed by atoms with van der Waals surface area (Å²) < 4.78 is 0. The Balaban J connectivity index is 1.69. The Morgan fingerprint density at radius 1 is 0.650 bits per heavy atom. The zero-order valence-electron chi connectivity index (χ0n) is 14.2. The van der Waals surface area contributed by atoms with E-state index in [1.807, 2.05) is 0 Å². The van der Waals surface area contributed by atoms with Crippen molar-refractivity contribution in [1.82, 2.24) is 0 Å². The molecule has 0 unspecified atom stereocenters. The molecule has 0 saturated heterocycles. The quantitative estimate of drug-likeness (QED) is 0.471. The molecule has 0 aromatic carbocycles. The lowest BCUT2D eigenvalue weighted by molar-refractivity contribution is 0.132. The lowest BCUT2D eigenvalue weighted by Gasteiger charge is -2.38. The molecule has 0 spiro atoms. The molecule has 2 atom stereocenters. The standard InChI is InChI=1S/C20H38/c1-3-5-8-17-12-14-19(15-13-17)20-11-7-10-18(16-20)9-6-4-2/h17-20H,3-16H2,1-2H3/t17?,18-,19?,20-/m1/s1. The van der Waals surface area contributed by atoms with Crippen molar-refractivity contribution in [2.75, 3.05) is 0 Å². The maximum absolute atomic E-state index is 2.35. The van der Waals surface area contributed by atoms with Gasteiger partial charge in [0.25, 0.3) is 0 Å². The summed E-state index contributed by atoms with van der Waals surface area (Å²) in [5.41, 5.74) is 0. The normalized spacial score (nSPS) is 35.1. The summed E-state index contributed by atoms with van der Waals surface area (Å²) in [6.07, 6.45) is 21.3. The molecule has 118 valence electrons. The molecule has 0 radical (unpaired) electrons. The monoisotopic (exact) mass is 278 g/mol. The first-order valence-corrected chi connectivity index (χ1v) is 9.83. The van der Waals surface area contributed by atoms with Crippen LogP contribution in [0.2, 0.25) is 0 Å². The molecule has 20 heavy (non-hydrogen) atoms. The number of unbranched alkanes of at least 4 members (excludes halogenated alkanes) is 2. The van der Waals surface area contributed by atoms with Gasteiger partial charge in [0.2, 0.25) is 0 Å². The van der Waals surface area contributed by atoms with Gasteiger partial charge in [0.1, 0.15) is 0 Å². The van der Waals surface area contributed by atoms with Gasteiger partial charge >= 0.3 is 0 Å². The van der Waals surface area contributed by atoms with Crippen LogP contribution < -0.4 is 0 Å². The minimum atomic E-state index is 1.09. The average molecular weight is 279 g/mol. The fourth-order valence-electron chi connectivity index (χ4n) is 4.96. The van der Waals surface area contributed by atoms with Crippen LogP contribution in [-0.2, 0) is 0 Å². The third-order valence-corrected chi connectivity index (χ3v) is 6.31. The smallest absolute Gasteiger partial charge is 0.0383 e. The van der Waals surface area contributed by atoms with Crippen molar-refractivity contribution in [3.05, 3.63) is 0 Å². The second-order valence-corrected chi connectivity index (χ2v) is 7.86. The van der Waals surface area contributed by atoms with E-state index in [0.29, 0.717) is 0 Å². The molecular formula is C20H38. The second kappa shape index (κ2) is 9.11. The average Bonchev–Trinajstić information content (AvgIpc) is 2.52. The summed E-state index contributed by atoms with van der Waals surface area (Å²) >= 11 is 0. The van der Waals surface area contributed by atoms with Crippen molar-refractivity contribution < 1.29 is 0 Å². The Labute approximate surface area is 128 Å². The van der Waals surface area contributed by atoms with E-state index in [9.17, 15) is 0 Å². The Morgan fingerprint density at radius 2 is 1.30 bits per heavy atom. The largest absolute Gasteiger partial charge is 0.0654 e. The predicted octanol–water partition coefficient (Wildman–Crippen LogP) is 6.98. The molecule has 0 aromatic rings. The van der Waals surface area contributed by atoms with E-state index in [4.69, 9.17) is 0 Å². The first kappa shape index (κ1) is 16.4. The third kappa shape index (κ3) is 5.08. The minimum absolute atomic E-state index is 1.09. The van der Waals surface area contributed by atoms with Gasteiger partial charge in [-0.25, -0.2) is 0 Å². The molecule has 2 rings (SSSR count). The summed E-state index contributed by atoms with van der Waals surface area (Å²) in [7, 11) is 0. The van der Waals surface area contributed by atoms with Gasteiger partial charge in [0, 0.05) is 0 Å². The number of hydrogen-bond donors (Lipinski definition) is 0. The van der Waals surface area contributed by atoms with E-state index in [2.05, 4.69) is 13.8 Å². The Kier molecular flexibility index (Phi) is 7.45. The summed E-state index contributed by atoms with van der Waals surface area (Å²) in [4.78, 5) is 0. The summed E-state index contributed by atoms with van der Waals surface area (Å²) in [6.45, 7) is 4.68. The number of hydrogen-bond acceptors (Lipinski definition) is 0. The molecule has 2 saturated carbocycles. The Morgan fingerprint density at radius 3 is 1.95 bits per heavy atom.